The summed E-state index contributed by atoms with van der Waals surface area (Å²) in [6.45, 7) is 2.05. The number of nitrogens with zero attached hydrogens (tertiary/aromatic N) is 1. The fourth-order valence-electron chi connectivity index (χ4n) is 2.05. The molecule has 0 spiro atoms. The molecule has 1 aliphatic heterocycles. The quantitative estimate of drug-likeness (QED) is 0.710. The molecule has 0 N–H and O–H groups in total. The zero-order valence-electron chi connectivity index (χ0n) is 9.56. The zero-order chi connectivity index (χ0) is 11.5. The molecule has 0 saturated heterocycles. The fourth-order valence-corrected chi connectivity index (χ4v) is 2.05. The minimum atomic E-state index is -0.366. The molecule has 1 aliphatic rings. The molecule has 0 saturated carbocycles. The first-order chi connectivity index (χ1) is 7.76. The van der Waals surface area contributed by atoms with Gasteiger partial charge in [-0.15, -0.1) is 0 Å². The summed E-state index contributed by atoms with van der Waals surface area (Å²) in [5.41, 5.74) is 3.35. The van der Waals surface area contributed by atoms with E-state index in [0.717, 1.165) is 12.1 Å². The lowest BCUT2D eigenvalue weighted by atomic mass is 9.92. The Bertz CT molecular complexity index is 437. The number of esters is 1. The number of carbonyl (C=O) groups excluding carboxylic acids is 1. The van der Waals surface area contributed by atoms with E-state index in [1.54, 1.807) is 0 Å². The van der Waals surface area contributed by atoms with E-state index in [9.17, 15) is 4.79 Å². The molecule has 84 valence electrons. The van der Waals surface area contributed by atoms with Gasteiger partial charge in [0.05, 0.1) is 7.11 Å². The Morgan fingerprint density at radius 2 is 2.25 bits per heavy atom. The molecule has 0 amide bonds. The minimum absolute atomic E-state index is 0.250. The number of hydrogen-bond donors (Lipinski definition) is 0. The van der Waals surface area contributed by atoms with Gasteiger partial charge in [-0.25, -0.2) is 4.79 Å². The first kappa shape index (κ1) is 10.9. The van der Waals surface area contributed by atoms with Crippen LogP contribution in [0.3, 0.4) is 0 Å². The Morgan fingerprint density at radius 1 is 1.50 bits per heavy atom. The third kappa shape index (κ3) is 1.85. The van der Waals surface area contributed by atoms with E-state index < -0.39 is 0 Å². The largest absolute Gasteiger partial charge is 0.467 e. The molecular weight excluding hydrogens is 202 g/mol. The molecule has 0 fully saturated rings. The van der Waals surface area contributed by atoms with Gasteiger partial charge in [-0.2, -0.15) is 0 Å². The van der Waals surface area contributed by atoms with E-state index in [-0.39, 0.29) is 12.0 Å². The average Bonchev–Trinajstić information content (AvgIpc) is 2.36. The van der Waals surface area contributed by atoms with Crippen LogP contribution in [0.5, 0.6) is 0 Å². The van der Waals surface area contributed by atoms with Gasteiger partial charge in [0.1, 0.15) is 0 Å². The highest BCUT2D eigenvalue weighted by atomic mass is 16.5. The van der Waals surface area contributed by atoms with E-state index >= 15 is 0 Å². The van der Waals surface area contributed by atoms with Crippen LogP contribution in [0.2, 0.25) is 0 Å². The predicted octanol–water partition coefficient (Wildman–Crippen LogP) is 1.98. The van der Waals surface area contributed by atoms with Crippen LogP contribution in [-0.2, 0) is 16.0 Å². The summed E-state index contributed by atoms with van der Waals surface area (Å²) < 4.78 is 4.75. The number of carbonyl (C=O) groups is 1. The van der Waals surface area contributed by atoms with Crippen LogP contribution < -0.4 is 0 Å². The minimum Gasteiger partial charge on any atom is -0.467 e. The van der Waals surface area contributed by atoms with E-state index in [2.05, 4.69) is 24.0 Å². The summed E-state index contributed by atoms with van der Waals surface area (Å²) in [6, 6.07) is 7.74. The Labute approximate surface area is 95.2 Å². The van der Waals surface area contributed by atoms with Crippen LogP contribution >= 0.6 is 0 Å². The standard InChI is InChI=1S/C13H15NO2/c1-3-11-10-7-5-4-6-9(10)8-12(14-11)13(15)16-2/h4-7,12H,3,8H2,1-2H3/t12-/m0/s1. The van der Waals surface area contributed by atoms with E-state index in [1.165, 1.54) is 18.2 Å². The molecule has 3 heteroatoms. The number of ether oxygens (including phenoxy) is 1. The molecule has 1 heterocycles. The molecule has 3 nitrogen and oxygen atoms in total. The summed E-state index contributed by atoms with van der Waals surface area (Å²) in [7, 11) is 1.41. The molecular formula is C13H15NO2. The lowest BCUT2D eigenvalue weighted by molar-refractivity contribution is -0.142. The maximum atomic E-state index is 11.5. The Kier molecular flexibility index (Phi) is 3.04. The van der Waals surface area contributed by atoms with Gasteiger partial charge >= 0.3 is 5.97 Å². The number of aliphatic imine (C=N–C) groups is 1. The van der Waals surface area contributed by atoms with E-state index in [0.29, 0.717) is 6.42 Å². The third-order valence-electron chi connectivity index (χ3n) is 2.86. The smallest absolute Gasteiger partial charge is 0.330 e. The maximum absolute atomic E-state index is 11.5. The SMILES string of the molecule is CCC1=N[C@H](C(=O)OC)Cc2ccccc21. The van der Waals surface area contributed by atoms with Crippen molar-refractivity contribution in [3.8, 4) is 0 Å². The van der Waals surface area contributed by atoms with Crippen LogP contribution in [0.1, 0.15) is 24.5 Å². The van der Waals surface area contributed by atoms with Crippen molar-refractivity contribution in [1.29, 1.82) is 0 Å². The number of methoxy groups -OCH3 is 1. The van der Waals surface area contributed by atoms with Gasteiger partial charge in [0, 0.05) is 12.1 Å². The fraction of sp³-hybridized carbons (Fsp3) is 0.385. The number of hydrogen-bond acceptors (Lipinski definition) is 3. The average molecular weight is 217 g/mol. The van der Waals surface area contributed by atoms with Gasteiger partial charge in [0.25, 0.3) is 0 Å². The van der Waals surface area contributed by atoms with Crippen LogP contribution in [0.25, 0.3) is 0 Å². The molecule has 0 aliphatic carbocycles. The first-order valence-corrected chi connectivity index (χ1v) is 5.49. The van der Waals surface area contributed by atoms with Gasteiger partial charge < -0.3 is 4.74 Å². The highest BCUT2D eigenvalue weighted by Gasteiger charge is 2.25. The lowest BCUT2D eigenvalue weighted by Crippen LogP contribution is -2.28. The molecule has 0 unspecified atom stereocenters. The highest BCUT2D eigenvalue weighted by molar-refractivity contribution is 6.04. The molecule has 1 aromatic carbocycles. The molecule has 2 rings (SSSR count). The van der Waals surface area contributed by atoms with Crippen molar-refractivity contribution in [2.24, 2.45) is 4.99 Å². The van der Waals surface area contributed by atoms with E-state index in [4.69, 9.17) is 4.74 Å². The van der Waals surface area contributed by atoms with Crippen LogP contribution in [0.4, 0.5) is 0 Å². The Hall–Kier alpha value is -1.64. The van der Waals surface area contributed by atoms with Crippen molar-refractivity contribution >= 4 is 11.7 Å². The summed E-state index contributed by atoms with van der Waals surface area (Å²) >= 11 is 0. The van der Waals surface area contributed by atoms with Crippen molar-refractivity contribution < 1.29 is 9.53 Å². The Morgan fingerprint density at radius 3 is 2.94 bits per heavy atom. The summed E-state index contributed by atoms with van der Waals surface area (Å²) in [6.07, 6.45) is 1.48. The second kappa shape index (κ2) is 4.47. The molecule has 1 aromatic rings. The lowest BCUT2D eigenvalue weighted by Gasteiger charge is -2.21. The monoisotopic (exact) mass is 217 g/mol. The second-order valence-corrected chi connectivity index (χ2v) is 3.83. The van der Waals surface area contributed by atoms with Gasteiger partial charge in [-0.1, -0.05) is 31.2 Å². The van der Waals surface area contributed by atoms with Gasteiger partial charge in [-0.05, 0) is 17.5 Å². The maximum Gasteiger partial charge on any atom is 0.330 e. The van der Waals surface area contributed by atoms with Crippen molar-refractivity contribution in [1.82, 2.24) is 0 Å². The molecule has 16 heavy (non-hydrogen) atoms. The molecule has 1 atom stereocenters. The molecule has 0 radical (unpaired) electrons. The topological polar surface area (TPSA) is 38.7 Å². The normalized spacial score (nSPS) is 18.6. The van der Waals surface area contributed by atoms with Crippen molar-refractivity contribution in [3.05, 3.63) is 35.4 Å². The van der Waals surface area contributed by atoms with Crippen molar-refractivity contribution in [2.45, 2.75) is 25.8 Å². The number of benzene rings is 1. The van der Waals surface area contributed by atoms with Crippen LogP contribution in [-0.4, -0.2) is 24.8 Å². The van der Waals surface area contributed by atoms with Gasteiger partial charge in [-0.3, -0.25) is 4.99 Å². The van der Waals surface area contributed by atoms with Gasteiger partial charge in [0.15, 0.2) is 6.04 Å². The predicted molar refractivity (Wildman–Crippen MR) is 62.8 cm³/mol. The number of rotatable bonds is 2. The first-order valence-electron chi connectivity index (χ1n) is 5.49. The van der Waals surface area contributed by atoms with Crippen molar-refractivity contribution in [2.75, 3.05) is 7.11 Å². The summed E-state index contributed by atoms with van der Waals surface area (Å²) in [5.74, 6) is -0.250. The van der Waals surface area contributed by atoms with Crippen molar-refractivity contribution in [3.63, 3.8) is 0 Å². The molecule has 0 aromatic heterocycles. The summed E-state index contributed by atoms with van der Waals surface area (Å²) in [5, 5.41) is 0. The van der Waals surface area contributed by atoms with E-state index in [1.807, 2.05) is 12.1 Å². The summed E-state index contributed by atoms with van der Waals surface area (Å²) in [4.78, 5) is 16.0. The second-order valence-electron chi connectivity index (χ2n) is 3.83. The van der Waals surface area contributed by atoms with Crippen LogP contribution in [0.15, 0.2) is 29.3 Å². The highest BCUT2D eigenvalue weighted by Crippen LogP contribution is 2.21. The van der Waals surface area contributed by atoms with Crippen LogP contribution in [0, 0.1) is 0 Å². The van der Waals surface area contributed by atoms with Gasteiger partial charge in [0.2, 0.25) is 0 Å². The number of fused-ring (bicyclic) bond motifs is 1. The Balaban J connectivity index is 2.39. The zero-order valence-corrected chi connectivity index (χ0v) is 9.56. The molecule has 0 bridgehead atoms. The third-order valence-corrected chi connectivity index (χ3v) is 2.86.